The van der Waals surface area contributed by atoms with Gasteiger partial charge in [-0.2, -0.15) is 0 Å². The van der Waals surface area contributed by atoms with Crippen molar-refractivity contribution < 1.29 is 0 Å². The molecule has 1 N–H and O–H groups in total. The Hall–Kier alpha value is -0.720. The van der Waals surface area contributed by atoms with Crippen LogP contribution in [0.1, 0.15) is 20.8 Å². The van der Waals surface area contributed by atoms with Crippen LogP contribution in [0.2, 0.25) is 0 Å². The Balaban J connectivity index is 0. The fraction of sp³-hybridized carbons (Fsp3) is 0.429. The molecule has 0 unspecified atom stereocenters. The van der Waals surface area contributed by atoms with Crippen molar-refractivity contribution in [2.24, 2.45) is 0 Å². The third-order valence-electron chi connectivity index (χ3n) is 0.381. The van der Waals surface area contributed by atoms with Gasteiger partial charge in [0.05, 0.1) is 0 Å². The average molecular weight is 113 g/mol. The smallest absolute Gasteiger partial charge is 0.00387 e. The van der Waals surface area contributed by atoms with Gasteiger partial charge in [-0.3, -0.25) is 0 Å². The van der Waals surface area contributed by atoms with E-state index in [-0.39, 0.29) is 0 Å². The largest absolute Gasteiger partial charge is 0.369 e. The van der Waals surface area contributed by atoms with Crippen molar-refractivity contribution in [2.45, 2.75) is 20.8 Å². The van der Waals surface area contributed by atoms with Crippen molar-refractivity contribution in [3.8, 4) is 0 Å². The summed E-state index contributed by atoms with van der Waals surface area (Å²) in [5.41, 5.74) is 0. The molecule has 0 aliphatic rings. The summed E-state index contributed by atoms with van der Waals surface area (Å²) in [6.45, 7) is 9.38. The first-order valence-corrected chi connectivity index (χ1v) is 2.90. The maximum atomic E-state index is 3.44. The summed E-state index contributed by atoms with van der Waals surface area (Å²) < 4.78 is 0. The molecule has 0 atom stereocenters. The van der Waals surface area contributed by atoms with Crippen molar-refractivity contribution in [3.05, 3.63) is 25.1 Å². The highest BCUT2D eigenvalue weighted by atomic mass is 14.8. The number of hydrogen-bond acceptors (Lipinski definition) is 1. The topological polar surface area (TPSA) is 12.0 Å². The zero-order chi connectivity index (χ0) is 6.83. The third kappa shape index (κ3) is 18.6. The molecule has 0 radical (unpaired) electrons. The van der Waals surface area contributed by atoms with E-state index < -0.39 is 0 Å². The van der Waals surface area contributed by atoms with E-state index in [1.54, 1.807) is 6.20 Å². The van der Waals surface area contributed by atoms with Crippen LogP contribution in [-0.2, 0) is 0 Å². The summed E-state index contributed by atoms with van der Waals surface area (Å²) in [4.78, 5) is 0. The van der Waals surface area contributed by atoms with Crippen LogP contribution in [0.3, 0.4) is 0 Å². The first-order chi connectivity index (χ1) is 3.91. The fourth-order valence-electron chi connectivity index (χ4n) is 0.164. The van der Waals surface area contributed by atoms with Crippen LogP contribution in [0, 0.1) is 0 Å². The standard InChI is InChI=1S/C5H9N.C2H6/c1-3-5-6-4-2;1-2/h3-6H,2H2,1H3;1-2H3/b5-3-;. The van der Waals surface area contributed by atoms with Gasteiger partial charge in [0, 0.05) is 0 Å². The van der Waals surface area contributed by atoms with E-state index in [4.69, 9.17) is 0 Å². The number of allylic oxidation sites excluding steroid dienone is 1. The molecule has 0 aromatic heterocycles. The lowest BCUT2D eigenvalue weighted by atomic mass is 10.7. The molecule has 48 valence electrons. The second kappa shape index (κ2) is 16.3. The Morgan fingerprint density at radius 1 is 1.38 bits per heavy atom. The van der Waals surface area contributed by atoms with Gasteiger partial charge in [-0.25, -0.2) is 0 Å². The van der Waals surface area contributed by atoms with Gasteiger partial charge in [-0.1, -0.05) is 26.5 Å². The molecule has 0 fully saturated rings. The zero-order valence-corrected chi connectivity index (χ0v) is 5.94. The van der Waals surface area contributed by atoms with E-state index in [0.717, 1.165) is 0 Å². The Kier molecular flexibility index (Phi) is 20.9. The summed E-state index contributed by atoms with van der Waals surface area (Å²) >= 11 is 0. The molecule has 0 saturated heterocycles. The Labute approximate surface area is 52.1 Å². The van der Waals surface area contributed by atoms with Crippen LogP contribution in [0.5, 0.6) is 0 Å². The lowest BCUT2D eigenvalue weighted by molar-refractivity contribution is 1.20. The zero-order valence-electron chi connectivity index (χ0n) is 5.94. The monoisotopic (exact) mass is 113 g/mol. The highest BCUT2D eigenvalue weighted by molar-refractivity contribution is 4.79. The molecule has 0 amide bonds. The van der Waals surface area contributed by atoms with Gasteiger partial charge in [-0.15, -0.1) is 0 Å². The van der Waals surface area contributed by atoms with Crippen molar-refractivity contribution in [1.29, 1.82) is 0 Å². The molecule has 1 nitrogen and oxygen atoms in total. The molecule has 0 spiro atoms. The van der Waals surface area contributed by atoms with Gasteiger partial charge in [0.2, 0.25) is 0 Å². The van der Waals surface area contributed by atoms with Gasteiger partial charge in [0.15, 0.2) is 0 Å². The second-order valence-corrected chi connectivity index (χ2v) is 0.871. The molecule has 0 aromatic carbocycles. The van der Waals surface area contributed by atoms with E-state index in [2.05, 4.69) is 11.9 Å². The maximum Gasteiger partial charge on any atom is -0.00387 e. The molecule has 8 heavy (non-hydrogen) atoms. The third-order valence-corrected chi connectivity index (χ3v) is 0.381. The number of nitrogens with one attached hydrogen (secondary N) is 1. The quantitative estimate of drug-likeness (QED) is 0.579. The predicted octanol–water partition coefficient (Wildman–Crippen LogP) is 2.28. The minimum absolute atomic E-state index is 1.62. The summed E-state index contributed by atoms with van der Waals surface area (Å²) in [5, 5.41) is 2.78. The minimum atomic E-state index is 1.62. The van der Waals surface area contributed by atoms with Crippen molar-refractivity contribution >= 4 is 0 Å². The van der Waals surface area contributed by atoms with Crippen molar-refractivity contribution in [1.82, 2.24) is 5.32 Å². The first kappa shape index (κ1) is 10.3. The highest BCUT2D eigenvalue weighted by Crippen LogP contribution is 1.58. The summed E-state index contributed by atoms with van der Waals surface area (Å²) in [6.07, 6.45) is 5.34. The Morgan fingerprint density at radius 3 is 2.00 bits per heavy atom. The summed E-state index contributed by atoms with van der Waals surface area (Å²) in [6, 6.07) is 0. The highest BCUT2D eigenvalue weighted by Gasteiger charge is 1.51. The summed E-state index contributed by atoms with van der Waals surface area (Å²) in [5.74, 6) is 0. The van der Waals surface area contributed by atoms with Gasteiger partial charge >= 0.3 is 0 Å². The maximum absolute atomic E-state index is 3.44. The van der Waals surface area contributed by atoms with Gasteiger partial charge < -0.3 is 5.32 Å². The van der Waals surface area contributed by atoms with Crippen LogP contribution in [-0.4, -0.2) is 0 Å². The molecule has 0 bridgehead atoms. The lowest BCUT2D eigenvalue weighted by Crippen LogP contribution is -1.86. The normalized spacial score (nSPS) is 7.38. The second-order valence-electron chi connectivity index (χ2n) is 0.871. The fourth-order valence-corrected chi connectivity index (χ4v) is 0.164. The first-order valence-electron chi connectivity index (χ1n) is 2.90. The van der Waals surface area contributed by atoms with E-state index in [1.165, 1.54) is 0 Å². The summed E-state index contributed by atoms with van der Waals surface area (Å²) in [7, 11) is 0. The molecular formula is C7H15N. The average Bonchev–Trinajstić information content (AvgIpc) is 1.88. The Morgan fingerprint density at radius 2 is 1.88 bits per heavy atom. The molecule has 0 aliphatic carbocycles. The van der Waals surface area contributed by atoms with E-state index >= 15 is 0 Å². The van der Waals surface area contributed by atoms with Crippen LogP contribution < -0.4 is 5.32 Å². The Bertz CT molecular complexity index is 55.4. The lowest BCUT2D eigenvalue weighted by Gasteiger charge is -1.79. The van der Waals surface area contributed by atoms with E-state index in [1.807, 2.05) is 33.0 Å². The van der Waals surface area contributed by atoms with Crippen LogP contribution in [0.15, 0.2) is 25.1 Å². The molecular weight excluding hydrogens is 98.1 g/mol. The predicted molar refractivity (Wildman–Crippen MR) is 39.5 cm³/mol. The molecule has 0 heterocycles. The van der Waals surface area contributed by atoms with Gasteiger partial charge in [0.1, 0.15) is 0 Å². The van der Waals surface area contributed by atoms with Gasteiger partial charge in [0.25, 0.3) is 0 Å². The SMILES string of the molecule is C=CN/C=C\C.CC. The van der Waals surface area contributed by atoms with Crippen LogP contribution >= 0.6 is 0 Å². The van der Waals surface area contributed by atoms with Crippen molar-refractivity contribution in [2.75, 3.05) is 0 Å². The molecule has 1 heteroatoms. The molecule has 0 aromatic rings. The van der Waals surface area contributed by atoms with Crippen LogP contribution in [0.4, 0.5) is 0 Å². The minimum Gasteiger partial charge on any atom is -0.369 e. The van der Waals surface area contributed by atoms with Gasteiger partial charge in [-0.05, 0) is 19.3 Å². The molecule has 0 aliphatic heterocycles. The van der Waals surface area contributed by atoms with Crippen LogP contribution in [0.25, 0.3) is 0 Å². The molecule has 0 saturated carbocycles. The van der Waals surface area contributed by atoms with E-state index in [0.29, 0.717) is 0 Å². The van der Waals surface area contributed by atoms with Crippen molar-refractivity contribution in [3.63, 3.8) is 0 Å². The molecule has 0 rings (SSSR count). The number of rotatable bonds is 2. The van der Waals surface area contributed by atoms with E-state index in [9.17, 15) is 0 Å². The number of hydrogen-bond donors (Lipinski definition) is 1.